The van der Waals surface area contributed by atoms with E-state index in [2.05, 4.69) is 0 Å². The molecule has 5 nitrogen and oxygen atoms in total. The molecule has 0 amide bonds. The molecule has 2 rings (SSSR count). The number of ether oxygens (including phenoxy) is 1. The first-order valence-corrected chi connectivity index (χ1v) is 7.13. The van der Waals surface area contributed by atoms with E-state index >= 15 is 0 Å². The first-order valence-electron chi connectivity index (χ1n) is 7.13. The predicted octanol–water partition coefficient (Wildman–Crippen LogP) is 3.27. The zero-order valence-electron chi connectivity index (χ0n) is 12.3. The van der Waals surface area contributed by atoms with Crippen LogP contribution < -0.4 is 4.74 Å². The Balaban J connectivity index is 2.55. The van der Waals surface area contributed by atoms with Gasteiger partial charge in [0.25, 0.3) is 0 Å². The Labute approximate surface area is 128 Å². The summed E-state index contributed by atoms with van der Waals surface area (Å²) in [7, 11) is 0. The number of carbonyl (C=O) groups is 2. The van der Waals surface area contributed by atoms with Crippen LogP contribution >= 0.6 is 0 Å². The molecule has 22 heavy (non-hydrogen) atoms. The fourth-order valence-electron chi connectivity index (χ4n) is 2.44. The molecule has 0 aliphatic rings. The molecular weight excluding hydrogens is 284 g/mol. The first-order chi connectivity index (χ1) is 10.5. The lowest BCUT2D eigenvalue weighted by atomic mass is 9.90. The molecule has 2 aromatic carbocycles. The normalized spacial score (nSPS) is 12.0. The third-order valence-corrected chi connectivity index (χ3v) is 3.43. The Hall–Kier alpha value is -2.56. The number of fused-ring (bicyclic) bond motifs is 1. The Bertz CT molecular complexity index is 693. The Morgan fingerprint density at radius 2 is 1.77 bits per heavy atom. The molecule has 0 aromatic heterocycles. The first kappa shape index (κ1) is 15.8. The molecule has 0 aliphatic carbocycles. The monoisotopic (exact) mass is 302 g/mol. The van der Waals surface area contributed by atoms with Gasteiger partial charge in [-0.2, -0.15) is 0 Å². The highest BCUT2D eigenvalue weighted by Crippen LogP contribution is 2.34. The number of rotatable bonds is 7. The van der Waals surface area contributed by atoms with E-state index in [1.54, 1.807) is 24.3 Å². The van der Waals surface area contributed by atoms with Crippen LogP contribution in [-0.4, -0.2) is 28.8 Å². The maximum atomic E-state index is 11.4. The van der Waals surface area contributed by atoms with E-state index in [9.17, 15) is 14.7 Å². The van der Waals surface area contributed by atoms with Gasteiger partial charge in [-0.25, -0.2) is 0 Å². The number of carboxylic acids is 2. The highest BCUT2D eigenvalue weighted by atomic mass is 16.5. The standard InChI is InChI=1S/C17H18O5/c1-2-9-22-15-8-7-12(11-5-3-4-6-13(11)15)14(17(20)21)10-16(18)19/h3-8,14H,2,9-10H2,1H3,(H,18,19)(H,20,21). The molecule has 0 saturated carbocycles. The van der Waals surface area contributed by atoms with Crippen LogP contribution in [0.4, 0.5) is 0 Å². The van der Waals surface area contributed by atoms with Crippen LogP contribution in [0, 0.1) is 0 Å². The van der Waals surface area contributed by atoms with Crippen LogP contribution in [0.2, 0.25) is 0 Å². The Kier molecular flexibility index (Phi) is 4.99. The van der Waals surface area contributed by atoms with Crippen molar-refractivity contribution in [2.75, 3.05) is 6.61 Å². The fourth-order valence-corrected chi connectivity index (χ4v) is 2.44. The van der Waals surface area contributed by atoms with E-state index < -0.39 is 24.3 Å². The van der Waals surface area contributed by atoms with Gasteiger partial charge in [0.15, 0.2) is 0 Å². The lowest BCUT2D eigenvalue weighted by molar-refractivity contribution is -0.145. The second kappa shape index (κ2) is 6.93. The largest absolute Gasteiger partial charge is 0.493 e. The fraction of sp³-hybridized carbons (Fsp3) is 0.294. The van der Waals surface area contributed by atoms with Gasteiger partial charge < -0.3 is 14.9 Å². The van der Waals surface area contributed by atoms with Gasteiger partial charge in [-0.1, -0.05) is 37.3 Å². The number of benzene rings is 2. The highest BCUT2D eigenvalue weighted by molar-refractivity contribution is 5.95. The van der Waals surface area contributed by atoms with Crippen LogP contribution in [0.1, 0.15) is 31.2 Å². The topological polar surface area (TPSA) is 83.8 Å². The van der Waals surface area contributed by atoms with Gasteiger partial charge in [0.1, 0.15) is 5.75 Å². The van der Waals surface area contributed by atoms with E-state index in [0.29, 0.717) is 23.3 Å². The average Bonchev–Trinajstić information content (AvgIpc) is 2.50. The van der Waals surface area contributed by atoms with Gasteiger partial charge in [-0.3, -0.25) is 9.59 Å². The van der Waals surface area contributed by atoms with Crippen molar-refractivity contribution in [3.05, 3.63) is 42.0 Å². The molecule has 0 spiro atoms. The van der Waals surface area contributed by atoms with Crippen LogP contribution in [0.25, 0.3) is 10.8 Å². The van der Waals surface area contributed by atoms with Crippen molar-refractivity contribution < 1.29 is 24.5 Å². The molecule has 0 fully saturated rings. The van der Waals surface area contributed by atoms with Crippen LogP contribution in [-0.2, 0) is 9.59 Å². The van der Waals surface area contributed by atoms with Crippen molar-refractivity contribution in [3.63, 3.8) is 0 Å². The lowest BCUT2D eigenvalue weighted by Crippen LogP contribution is -2.16. The van der Waals surface area contributed by atoms with E-state index in [1.165, 1.54) is 0 Å². The molecule has 0 bridgehead atoms. The summed E-state index contributed by atoms with van der Waals surface area (Å²) in [4.78, 5) is 22.4. The van der Waals surface area contributed by atoms with Gasteiger partial charge in [-0.05, 0) is 23.4 Å². The third kappa shape index (κ3) is 3.36. The van der Waals surface area contributed by atoms with Crippen molar-refractivity contribution in [2.45, 2.75) is 25.7 Å². The Morgan fingerprint density at radius 1 is 1.09 bits per heavy atom. The molecule has 116 valence electrons. The van der Waals surface area contributed by atoms with Gasteiger partial charge in [0.2, 0.25) is 0 Å². The molecule has 0 heterocycles. The van der Waals surface area contributed by atoms with Gasteiger partial charge in [0, 0.05) is 5.39 Å². The summed E-state index contributed by atoms with van der Waals surface area (Å²) < 4.78 is 5.68. The molecular formula is C17H18O5. The summed E-state index contributed by atoms with van der Waals surface area (Å²) in [6.45, 7) is 2.57. The number of aliphatic carboxylic acids is 2. The van der Waals surface area contributed by atoms with E-state index in [4.69, 9.17) is 9.84 Å². The summed E-state index contributed by atoms with van der Waals surface area (Å²) in [5.74, 6) is -2.68. The molecule has 0 aliphatic heterocycles. The zero-order valence-corrected chi connectivity index (χ0v) is 12.3. The maximum Gasteiger partial charge on any atom is 0.311 e. The third-order valence-electron chi connectivity index (χ3n) is 3.43. The molecule has 1 unspecified atom stereocenters. The molecule has 0 radical (unpaired) electrons. The maximum absolute atomic E-state index is 11.4. The molecule has 2 aromatic rings. The lowest BCUT2D eigenvalue weighted by Gasteiger charge is -2.16. The van der Waals surface area contributed by atoms with Gasteiger partial charge in [-0.15, -0.1) is 0 Å². The molecule has 1 atom stereocenters. The minimum atomic E-state index is -1.14. The summed E-state index contributed by atoms with van der Waals surface area (Å²) in [6, 6.07) is 10.7. The van der Waals surface area contributed by atoms with E-state index in [0.717, 1.165) is 11.8 Å². The quantitative estimate of drug-likeness (QED) is 0.820. The van der Waals surface area contributed by atoms with Gasteiger partial charge in [0.05, 0.1) is 18.9 Å². The molecule has 2 N–H and O–H groups in total. The number of hydrogen-bond donors (Lipinski definition) is 2. The Morgan fingerprint density at radius 3 is 2.36 bits per heavy atom. The number of hydrogen-bond acceptors (Lipinski definition) is 3. The average molecular weight is 302 g/mol. The summed E-state index contributed by atoms with van der Waals surface area (Å²) in [6.07, 6.45) is 0.418. The highest BCUT2D eigenvalue weighted by Gasteiger charge is 2.25. The summed E-state index contributed by atoms with van der Waals surface area (Å²) in [5, 5.41) is 19.8. The van der Waals surface area contributed by atoms with Crippen molar-refractivity contribution >= 4 is 22.7 Å². The minimum Gasteiger partial charge on any atom is -0.493 e. The van der Waals surface area contributed by atoms with E-state index in [1.807, 2.05) is 19.1 Å². The van der Waals surface area contributed by atoms with Crippen molar-refractivity contribution in [1.29, 1.82) is 0 Å². The minimum absolute atomic E-state index is 0.450. The SMILES string of the molecule is CCCOc1ccc(C(CC(=O)O)C(=O)O)c2ccccc12. The zero-order chi connectivity index (χ0) is 16.1. The van der Waals surface area contributed by atoms with Crippen LogP contribution in [0.5, 0.6) is 5.75 Å². The predicted molar refractivity (Wildman–Crippen MR) is 82.4 cm³/mol. The molecule has 5 heteroatoms. The second-order valence-electron chi connectivity index (χ2n) is 5.04. The van der Waals surface area contributed by atoms with Crippen molar-refractivity contribution in [3.8, 4) is 5.75 Å². The smallest absolute Gasteiger partial charge is 0.311 e. The van der Waals surface area contributed by atoms with Crippen LogP contribution in [0.3, 0.4) is 0 Å². The van der Waals surface area contributed by atoms with E-state index in [-0.39, 0.29) is 0 Å². The number of carboxylic acid groups (broad SMARTS) is 2. The van der Waals surface area contributed by atoms with Crippen molar-refractivity contribution in [1.82, 2.24) is 0 Å². The summed E-state index contributed by atoms with van der Waals surface area (Å²) >= 11 is 0. The van der Waals surface area contributed by atoms with Crippen molar-refractivity contribution in [2.24, 2.45) is 0 Å². The molecule has 0 saturated heterocycles. The summed E-state index contributed by atoms with van der Waals surface area (Å²) in [5.41, 5.74) is 0.495. The second-order valence-corrected chi connectivity index (χ2v) is 5.04. The van der Waals surface area contributed by atoms with Crippen LogP contribution in [0.15, 0.2) is 36.4 Å². The van der Waals surface area contributed by atoms with Gasteiger partial charge >= 0.3 is 11.9 Å².